The normalized spacial score (nSPS) is 11.8. The molecule has 1 heterocycles. The molecule has 2 aromatic carbocycles. The molecule has 0 atom stereocenters. The maximum atomic E-state index is 13.2. The molecule has 0 amide bonds. The van der Waals surface area contributed by atoms with Crippen LogP contribution in [0.1, 0.15) is 16.2 Å². The van der Waals surface area contributed by atoms with Crippen LogP contribution in [-0.4, -0.2) is 10.8 Å². The minimum Gasteiger partial charge on any atom is -0.290 e. The van der Waals surface area contributed by atoms with Gasteiger partial charge in [-0.3, -0.25) is 4.79 Å². The van der Waals surface area contributed by atoms with E-state index in [0.717, 1.165) is 4.57 Å². The van der Waals surface area contributed by atoms with Crippen LogP contribution in [0, 0.1) is 0 Å². The van der Waals surface area contributed by atoms with E-state index in [-0.39, 0.29) is 12.3 Å². The molecular formula is C16H12F3N2O+. The molecule has 0 spiro atoms. The second-order valence-corrected chi connectivity index (χ2v) is 4.86. The number of hydrogen-bond acceptors (Lipinski definition) is 1. The number of halogens is 3. The van der Waals surface area contributed by atoms with Gasteiger partial charge in [0.15, 0.2) is 17.6 Å². The highest BCUT2D eigenvalue weighted by Crippen LogP contribution is 2.27. The Morgan fingerprint density at radius 3 is 2.32 bits per heavy atom. The molecule has 6 heteroatoms. The Labute approximate surface area is 124 Å². The number of hydrogen-bond donors (Lipinski definition) is 1. The number of carbonyl (C=O) groups excluding carboxylic acids is 1. The van der Waals surface area contributed by atoms with Gasteiger partial charge in [-0.15, -0.1) is 0 Å². The monoisotopic (exact) mass is 305 g/mol. The maximum absolute atomic E-state index is 13.2. The van der Waals surface area contributed by atoms with Gasteiger partial charge in [-0.1, -0.05) is 42.5 Å². The second-order valence-electron chi connectivity index (χ2n) is 4.86. The first kappa shape index (κ1) is 14.3. The van der Waals surface area contributed by atoms with Crippen molar-refractivity contribution in [3.63, 3.8) is 0 Å². The zero-order chi connectivity index (χ0) is 15.7. The Morgan fingerprint density at radius 1 is 1.00 bits per heavy atom. The zero-order valence-electron chi connectivity index (χ0n) is 11.4. The summed E-state index contributed by atoms with van der Waals surface area (Å²) in [5, 5.41) is 0. The van der Waals surface area contributed by atoms with Gasteiger partial charge < -0.3 is 0 Å². The molecule has 3 nitrogen and oxygen atoms in total. The smallest absolute Gasteiger partial charge is 0.290 e. The van der Waals surface area contributed by atoms with Gasteiger partial charge in [0, 0.05) is 5.56 Å². The molecule has 0 fully saturated rings. The van der Waals surface area contributed by atoms with E-state index in [9.17, 15) is 18.0 Å². The topological polar surface area (TPSA) is 36.7 Å². The van der Waals surface area contributed by atoms with E-state index >= 15 is 0 Å². The Morgan fingerprint density at radius 2 is 1.64 bits per heavy atom. The first-order valence-electron chi connectivity index (χ1n) is 6.63. The van der Waals surface area contributed by atoms with Crippen molar-refractivity contribution >= 4 is 16.8 Å². The summed E-state index contributed by atoms with van der Waals surface area (Å²) < 4.78 is 40.5. The highest BCUT2D eigenvalue weighted by molar-refractivity contribution is 5.95. The van der Waals surface area contributed by atoms with Gasteiger partial charge in [0.25, 0.3) is 0 Å². The predicted molar refractivity (Wildman–Crippen MR) is 74.3 cm³/mol. The quantitative estimate of drug-likeness (QED) is 0.584. The Bertz CT molecular complexity index is 822. The number of imidazole rings is 1. The first-order chi connectivity index (χ1) is 10.5. The van der Waals surface area contributed by atoms with E-state index in [4.69, 9.17) is 0 Å². The number of benzene rings is 2. The second kappa shape index (κ2) is 5.29. The number of rotatable bonds is 3. The molecule has 0 aliphatic rings. The lowest BCUT2D eigenvalue weighted by atomic mass is 10.1. The number of alkyl halides is 3. The average molecular weight is 305 g/mol. The van der Waals surface area contributed by atoms with Crippen molar-refractivity contribution in [1.82, 2.24) is 4.98 Å². The van der Waals surface area contributed by atoms with E-state index in [1.165, 1.54) is 0 Å². The SMILES string of the molecule is O=C(C[n+]1c(C(F)(F)F)[nH]c2ccccc21)c1ccccc1. The molecule has 112 valence electrons. The average Bonchev–Trinajstić information content (AvgIpc) is 2.87. The van der Waals surface area contributed by atoms with Crippen LogP contribution in [0.2, 0.25) is 0 Å². The summed E-state index contributed by atoms with van der Waals surface area (Å²) in [6.45, 7) is -0.372. The molecular weight excluding hydrogens is 293 g/mol. The van der Waals surface area contributed by atoms with Crippen molar-refractivity contribution in [3.05, 3.63) is 66.0 Å². The van der Waals surface area contributed by atoms with E-state index in [1.807, 2.05) is 0 Å². The van der Waals surface area contributed by atoms with Gasteiger partial charge in [0.2, 0.25) is 5.78 Å². The molecule has 1 aromatic heterocycles. The molecule has 22 heavy (non-hydrogen) atoms. The van der Waals surface area contributed by atoms with Crippen LogP contribution < -0.4 is 4.57 Å². The van der Waals surface area contributed by atoms with Crippen molar-refractivity contribution in [2.75, 3.05) is 0 Å². The van der Waals surface area contributed by atoms with Crippen molar-refractivity contribution in [1.29, 1.82) is 0 Å². The molecule has 0 saturated carbocycles. The van der Waals surface area contributed by atoms with Gasteiger partial charge in [-0.25, -0.2) is 9.55 Å². The number of carbonyl (C=O) groups is 1. The lowest BCUT2D eigenvalue weighted by molar-refractivity contribution is -0.677. The van der Waals surface area contributed by atoms with E-state index in [0.29, 0.717) is 16.6 Å². The number of nitrogens with one attached hydrogen (secondary N) is 1. The zero-order valence-corrected chi connectivity index (χ0v) is 11.4. The fourth-order valence-corrected chi connectivity index (χ4v) is 2.38. The number of Topliss-reactive ketones (excluding diaryl/α,β-unsaturated/α-hetero) is 1. The third-order valence-electron chi connectivity index (χ3n) is 3.38. The van der Waals surface area contributed by atoms with Crippen molar-refractivity contribution in [3.8, 4) is 0 Å². The molecule has 0 bridgehead atoms. The fourth-order valence-electron chi connectivity index (χ4n) is 2.38. The van der Waals surface area contributed by atoms with Crippen LogP contribution in [0.5, 0.6) is 0 Å². The highest BCUT2D eigenvalue weighted by atomic mass is 19.4. The van der Waals surface area contributed by atoms with Gasteiger partial charge in [-0.05, 0) is 12.1 Å². The van der Waals surface area contributed by atoms with Gasteiger partial charge in [0.1, 0.15) is 0 Å². The van der Waals surface area contributed by atoms with Crippen LogP contribution in [0.3, 0.4) is 0 Å². The number of H-pyrrole nitrogens is 1. The molecule has 3 rings (SSSR count). The van der Waals surface area contributed by atoms with Gasteiger partial charge in [-0.2, -0.15) is 13.2 Å². The summed E-state index contributed by atoms with van der Waals surface area (Å²) in [5.74, 6) is -1.31. The molecule has 0 saturated heterocycles. The van der Waals surface area contributed by atoms with Crippen molar-refractivity contribution in [2.24, 2.45) is 0 Å². The molecule has 1 N–H and O–H groups in total. The lowest BCUT2D eigenvalue weighted by Gasteiger charge is -2.04. The largest absolute Gasteiger partial charge is 0.494 e. The summed E-state index contributed by atoms with van der Waals surface area (Å²) in [6, 6.07) is 14.7. The first-order valence-corrected chi connectivity index (χ1v) is 6.63. The van der Waals surface area contributed by atoms with E-state index in [1.54, 1.807) is 54.6 Å². The van der Waals surface area contributed by atoms with Crippen molar-refractivity contribution < 1.29 is 22.5 Å². The number of ketones is 1. The Hall–Kier alpha value is -2.63. The summed E-state index contributed by atoms with van der Waals surface area (Å²) in [4.78, 5) is 14.6. The third-order valence-corrected chi connectivity index (χ3v) is 3.38. The minimum atomic E-state index is -4.56. The Balaban J connectivity index is 2.07. The minimum absolute atomic E-state index is 0.343. The number of para-hydroxylation sites is 2. The summed E-state index contributed by atoms with van der Waals surface area (Å²) >= 11 is 0. The lowest BCUT2D eigenvalue weighted by Crippen LogP contribution is -2.44. The Kier molecular flexibility index (Phi) is 3.44. The van der Waals surface area contributed by atoms with Crippen LogP contribution in [0.15, 0.2) is 54.6 Å². The number of aromatic amines is 1. The van der Waals surface area contributed by atoms with Crippen LogP contribution >= 0.6 is 0 Å². The van der Waals surface area contributed by atoms with Crippen LogP contribution in [-0.2, 0) is 12.7 Å². The molecule has 0 aliphatic heterocycles. The van der Waals surface area contributed by atoms with Gasteiger partial charge >= 0.3 is 12.0 Å². The molecule has 0 aliphatic carbocycles. The summed E-state index contributed by atoms with van der Waals surface area (Å²) in [6.07, 6.45) is -4.56. The summed E-state index contributed by atoms with van der Waals surface area (Å²) in [7, 11) is 0. The highest BCUT2D eigenvalue weighted by Gasteiger charge is 2.44. The number of aromatic nitrogens is 2. The van der Waals surface area contributed by atoms with E-state index < -0.39 is 12.0 Å². The number of nitrogens with zero attached hydrogens (tertiary/aromatic N) is 1. The fraction of sp³-hybridized carbons (Fsp3) is 0.125. The third kappa shape index (κ3) is 2.59. The van der Waals surface area contributed by atoms with Crippen molar-refractivity contribution in [2.45, 2.75) is 12.7 Å². The summed E-state index contributed by atoms with van der Waals surface area (Å²) in [5.41, 5.74) is 1.07. The maximum Gasteiger partial charge on any atom is 0.494 e. The number of fused-ring (bicyclic) bond motifs is 1. The predicted octanol–water partition coefficient (Wildman–Crippen LogP) is 3.36. The molecule has 0 unspecified atom stereocenters. The molecule has 3 aromatic rings. The van der Waals surface area contributed by atoms with Crippen LogP contribution in [0.4, 0.5) is 13.2 Å². The van der Waals surface area contributed by atoms with Gasteiger partial charge in [0.05, 0.1) is 0 Å². The molecule has 0 radical (unpaired) electrons. The van der Waals surface area contributed by atoms with E-state index in [2.05, 4.69) is 4.98 Å². The van der Waals surface area contributed by atoms with Crippen LogP contribution in [0.25, 0.3) is 11.0 Å². The standard InChI is InChI=1S/C16H11F3N2O/c17-16(18,19)15-20-12-8-4-5-9-13(12)21(15)10-14(22)11-6-2-1-3-7-11/h1-9H,10H2/p+1.